The summed E-state index contributed by atoms with van der Waals surface area (Å²) in [5.41, 5.74) is 1.17. The average molecular weight is 407 g/mol. The van der Waals surface area contributed by atoms with E-state index in [0.717, 1.165) is 38.6 Å². The number of carbonyl (C=O) groups excluding carboxylic acids is 1. The van der Waals surface area contributed by atoms with Crippen molar-refractivity contribution in [1.29, 1.82) is 0 Å². The average Bonchev–Trinajstić information content (AvgIpc) is 3.34. The van der Waals surface area contributed by atoms with Crippen molar-refractivity contribution in [1.82, 2.24) is 20.0 Å². The Morgan fingerprint density at radius 3 is 2.63 bits per heavy atom. The topological polar surface area (TPSA) is 72.1 Å². The van der Waals surface area contributed by atoms with Crippen molar-refractivity contribution in [2.45, 2.75) is 71.3 Å². The van der Waals surface area contributed by atoms with Gasteiger partial charge in [0.1, 0.15) is 11.7 Å². The van der Waals surface area contributed by atoms with Gasteiger partial charge in [0, 0.05) is 12.7 Å². The van der Waals surface area contributed by atoms with Gasteiger partial charge in [-0.25, -0.2) is 0 Å². The Balaban J connectivity index is 1.29. The molecule has 3 atom stereocenters. The van der Waals surface area contributed by atoms with Crippen LogP contribution in [-0.2, 0) is 4.79 Å². The van der Waals surface area contributed by atoms with Crippen LogP contribution in [0.2, 0.25) is 0 Å². The predicted octanol–water partition coefficient (Wildman–Crippen LogP) is 4.79. The lowest BCUT2D eigenvalue weighted by atomic mass is 9.40. The predicted molar refractivity (Wildman–Crippen MR) is 111 cm³/mol. The van der Waals surface area contributed by atoms with E-state index in [0.29, 0.717) is 40.1 Å². The van der Waals surface area contributed by atoms with Gasteiger partial charge in [0.25, 0.3) is 0 Å². The maximum Gasteiger partial charge on any atom is 0.249 e. The second-order valence-electron chi connectivity index (χ2n) is 11.2. The maximum absolute atomic E-state index is 14.1. The molecule has 1 amide bonds. The third-order valence-corrected chi connectivity index (χ3v) is 8.21. The van der Waals surface area contributed by atoms with Crippen LogP contribution in [0.5, 0.6) is 0 Å². The van der Waals surface area contributed by atoms with Crippen molar-refractivity contribution >= 4 is 5.91 Å². The molecule has 4 bridgehead atoms. The zero-order valence-corrected chi connectivity index (χ0v) is 17.9. The smallest absolute Gasteiger partial charge is 0.249 e. The SMILES string of the molecule is C[C@@]12CC3CC(C(=O)N4CCC[C@@H]4c4nc(-c5ccccn5)no4)(C1)C[C@@](C)(C3)C2. The molecule has 158 valence electrons. The first-order chi connectivity index (χ1) is 14.4. The highest BCUT2D eigenvalue weighted by Crippen LogP contribution is 2.70. The summed E-state index contributed by atoms with van der Waals surface area (Å²) in [5, 5.41) is 4.15. The van der Waals surface area contributed by atoms with E-state index in [1.807, 2.05) is 18.2 Å². The number of carbonyl (C=O) groups is 1. The van der Waals surface area contributed by atoms with E-state index >= 15 is 0 Å². The number of pyridine rings is 1. The highest BCUT2D eigenvalue weighted by molar-refractivity contribution is 5.84. The molecule has 4 aliphatic carbocycles. The number of aromatic nitrogens is 3. The van der Waals surface area contributed by atoms with Gasteiger partial charge in [-0.1, -0.05) is 25.1 Å². The largest absolute Gasteiger partial charge is 0.337 e. The summed E-state index contributed by atoms with van der Waals surface area (Å²) in [5.74, 6) is 2.12. The van der Waals surface area contributed by atoms with Crippen molar-refractivity contribution in [3.63, 3.8) is 0 Å². The number of amides is 1. The van der Waals surface area contributed by atoms with Gasteiger partial charge in [-0.2, -0.15) is 4.98 Å². The minimum Gasteiger partial charge on any atom is -0.337 e. The quantitative estimate of drug-likeness (QED) is 0.733. The summed E-state index contributed by atoms with van der Waals surface area (Å²) in [7, 11) is 0. The standard InChI is InChI=1S/C24H30N4O2/c1-22-10-16-11-23(2,13-22)15-24(12-16,14-22)21(29)28-9-5-7-18(28)20-26-19(27-30-20)17-6-3-4-8-25-17/h3-4,6,8,16,18H,5,7,9-15H2,1-2H3/t16?,18-,22+,23+,24?/m1/s1. The zero-order chi connectivity index (χ0) is 20.6. The number of hydrogen-bond acceptors (Lipinski definition) is 5. The fourth-order valence-corrected chi connectivity index (χ4v) is 8.23. The third kappa shape index (κ3) is 2.75. The summed E-state index contributed by atoms with van der Waals surface area (Å²) < 4.78 is 5.65. The zero-order valence-electron chi connectivity index (χ0n) is 17.9. The normalized spacial score (nSPS) is 39.6. The molecule has 0 radical (unpaired) electrons. The van der Waals surface area contributed by atoms with E-state index in [1.165, 1.54) is 19.3 Å². The molecule has 6 nitrogen and oxygen atoms in total. The van der Waals surface area contributed by atoms with Crippen LogP contribution >= 0.6 is 0 Å². The second-order valence-corrected chi connectivity index (χ2v) is 11.2. The maximum atomic E-state index is 14.1. The number of hydrogen-bond donors (Lipinski definition) is 0. The van der Waals surface area contributed by atoms with Crippen LogP contribution in [0.4, 0.5) is 0 Å². The lowest BCUT2D eigenvalue weighted by Gasteiger charge is -2.65. The molecule has 5 aliphatic rings. The third-order valence-electron chi connectivity index (χ3n) is 8.21. The van der Waals surface area contributed by atoms with E-state index in [1.54, 1.807) is 6.20 Å². The highest BCUT2D eigenvalue weighted by atomic mass is 16.5. The van der Waals surface area contributed by atoms with Gasteiger partial charge in [-0.15, -0.1) is 0 Å². The second kappa shape index (κ2) is 6.14. The summed E-state index contributed by atoms with van der Waals surface area (Å²) >= 11 is 0. The Labute approximate surface area is 177 Å². The first-order valence-electron chi connectivity index (χ1n) is 11.4. The Morgan fingerprint density at radius 2 is 1.93 bits per heavy atom. The van der Waals surface area contributed by atoms with Gasteiger partial charge in [-0.3, -0.25) is 9.78 Å². The number of likely N-dealkylation sites (tertiary alicyclic amines) is 1. The Bertz CT molecular complexity index is 968. The van der Waals surface area contributed by atoms with Gasteiger partial charge in [0.2, 0.25) is 17.6 Å². The molecule has 2 aromatic rings. The molecule has 0 unspecified atom stereocenters. The van der Waals surface area contributed by atoms with Crippen LogP contribution in [-0.4, -0.2) is 32.5 Å². The first kappa shape index (κ1) is 18.5. The molecule has 5 fully saturated rings. The van der Waals surface area contributed by atoms with Crippen LogP contribution in [0.1, 0.15) is 77.1 Å². The molecule has 0 aromatic carbocycles. The van der Waals surface area contributed by atoms with E-state index in [9.17, 15) is 4.79 Å². The van der Waals surface area contributed by atoms with Crippen LogP contribution in [0, 0.1) is 22.2 Å². The van der Waals surface area contributed by atoms with Crippen LogP contribution in [0.25, 0.3) is 11.5 Å². The molecular weight excluding hydrogens is 376 g/mol. The monoisotopic (exact) mass is 406 g/mol. The van der Waals surface area contributed by atoms with E-state index in [2.05, 4.69) is 33.9 Å². The fourth-order valence-electron chi connectivity index (χ4n) is 8.23. The molecule has 6 heteroatoms. The minimum atomic E-state index is -0.185. The number of nitrogens with zero attached hydrogens (tertiary/aromatic N) is 4. The number of rotatable bonds is 3. The van der Waals surface area contributed by atoms with E-state index < -0.39 is 0 Å². The van der Waals surface area contributed by atoms with Crippen molar-refractivity contribution in [3.05, 3.63) is 30.3 Å². The van der Waals surface area contributed by atoms with Crippen molar-refractivity contribution in [2.75, 3.05) is 6.54 Å². The van der Waals surface area contributed by atoms with Crippen LogP contribution < -0.4 is 0 Å². The molecule has 1 saturated heterocycles. The lowest BCUT2D eigenvalue weighted by molar-refractivity contribution is -0.180. The van der Waals surface area contributed by atoms with Crippen molar-refractivity contribution < 1.29 is 9.32 Å². The lowest BCUT2D eigenvalue weighted by Crippen LogP contribution is -2.60. The fraction of sp³-hybridized carbons (Fsp3) is 0.667. The Hall–Kier alpha value is -2.24. The molecule has 0 spiro atoms. The summed E-state index contributed by atoms with van der Waals surface area (Å²) in [6.45, 7) is 5.65. The minimum absolute atomic E-state index is 0.101. The Kier molecular flexibility index (Phi) is 3.79. The summed E-state index contributed by atoms with van der Waals surface area (Å²) in [6, 6.07) is 5.56. The van der Waals surface area contributed by atoms with Crippen molar-refractivity contribution in [2.24, 2.45) is 22.2 Å². The van der Waals surface area contributed by atoms with Crippen LogP contribution in [0.15, 0.2) is 28.9 Å². The Morgan fingerprint density at radius 1 is 1.13 bits per heavy atom. The summed E-state index contributed by atoms with van der Waals surface area (Å²) in [6.07, 6.45) is 10.7. The first-order valence-corrected chi connectivity index (χ1v) is 11.4. The van der Waals surface area contributed by atoms with Gasteiger partial charge in [0.15, 0.2) is 0 Å². The molecule has 3 heterocycles. The van der Waals surface area contributed by atoms with Crippen molar-refractivity contribution in [3.8, 4) is 11.5 Å². The molecule has 7 rings (SSSR count). The molecule has 2 aromatic heterocycles. The molecular formula is C24H30N4O2. The van der Waals surface area contributed by atoms with Gasteiger partial charge in [0.05, 0.1) is 5.41 Å². The van der Waals surface area contributed by atoms with Gasteiger partial charge >= 0.3 is 0 Å². The van der Waals surface area contributed by atoms with Gasteiger partial charge < -0.3 is 9.42 Å². The summed E-state index contributed by atoms with van der Waals surface area (Å²) in [4.78, 5) is 25.1. The molecule has 0 N–H and O–H groups in total. The molecule has 30 heavy (non-hydrogen) atoms. The van der Waals surface area contributed by atoms with E-state index in [4.69, 9.17) is 4.52 Å². The molecule has 1 aliphatic heterocycles. The molecule has 4 saturated carbocycles. The van der Waals surface area contributed by atoms with Crippen LogP contribution in [0.3, 0.4) is 0 Å². The highest BCUT2D eigenvalue weighted by Gasteiger charge is 2.63. The van der Waals surface area contributed by atoms with Gasteiger partial charge in [-0.05, 0) is 80.2 Å². The van der Waals surface area contributed by atoms with E-state index in [-0.39, 0.29) is 11.5 Å².